The van der Waals surface area contributed by atoms with E-state index in [1.807, 2.05) is 0 Å². The number of carbonyl (C=O) groups is 1. The minimum atomic E-state index is -0.480. The quantitative estimate of drug-likeness (QED) is 0.346. The molecule has 0 spiro atoms. The van der Waals surface area contributed by atoms with Crippen molar-refractivity contribution in [3.05, 3.63) is 25.0 Å². The smallest absolute Gasteiger partial charge is 0.316 e. The Bertz CT molecular complexity index is 184. The van der Waals surface area contributed by atoms with Gasteiger partial charge in [-0.05, 0) is 26.8 Å². The first kappa shape index (κ1) is 9.95. The number of hydrogen-bond acceptors (Lipinski definition) is 2. The van der Waals surface area contributed by atoms with Gasteiger partial charge in [0.15, 0.2) is 0 Å². The van der Waals surface area contributed by atoms with Crippen LogP contribution in [-0.4, -0.2) is 5.97 Å². The summed E-state index contributed by atoms with van der Waals surface area (Å²) >= 11 is 0. The van der Waals surface area contributed by atoms with Crippen LogP contribution in [0.15, 0.2) is 25.0 Å². The maximum Gasteiger partial charge on any atom is 0.316 e. The van der Waals surface area contributed by atoms with Gasteiger partial charge in [-0.1, -0.05) is 13.2 Å². The van der Waals surface area contributed by atoms with E-state index in [9.17, 15) is 4.79 Å². The third-order valence-electron chi connectivity index (χ3n) is 1.06. The predicted molar refractivity (Wildman–Crippen MR) is 44.9 cm³/mol. The molecule has 0 N–H and O–H groups in total. The second kappa shape index (κ2) is 3.37. The molecule has 0 atom stereocenters. The molecule has 0 bridgehead atoms. The monoisotopic (exact) mass is 154 g/mol. The number of esters is 1. The molecule has 0 aliphatic heterocycles. The molecule has 2 heteroatoms. The molecule has 0 radical (unpaired) electrons. The van der Waals surface area contributed by atoms with Crippen LogP contribution in [0.3, 0.4) is 0 Å². The Balaban J connectivity index is 4.09. The van der Waals surface area contributed by atoms with Crippen LogP contribution in [0.1, 0.15) is 20.8 Å². The summed E-state index contributed by atoms with van der Waals surface area (Å²) in [6, 6.07) is 0. The maximum atomic E-state index is 11.1. The van der Waals surface area contributed by atoms with Crippen molar-refractivity contribution in [3.8, 4) is 0 Å². The van der Waals surface area contributed by atoms with Crippen molar-refractivity contribution in [1.82, 2.24) is 0 Å². The summed E-state index contributed by atoms with van der Waals surface area (Å²) in [5.41, 5.74) is -0.480. The van der Waals surface area contributed by atoms with E-state index in [1.54, 1.807) is 20.8 Å². The van der Waals surface area contributed by atoms with E-state index in [-0.39, 0.29) is 5.97 Å². The van der Waals surface area contributed by atoms with E-state index in [0.717, 1.165) is 0 Å². The van der Waals surface area contributed by atoms with Crippen LogP contribution in [0.5, 0.6) is 0 Å². The molecule has 62 valence electrons. The summed E-state index contributed by atoms with van der Waals surface area (Å²) in [4.78, 5) is 11.1. The van der Waals surface area contributed by atoms with E-state index >= 15 is 0 Å². The van der Waals surface area contributed by atoms with Crippen molar-refractivity contribution in [1.29, 1.82) is 0 Å². The van der Waals surface area contributed by atoms with Crippen molar-refractivity contribution in [2.45, 2.75) is 20.8 Å². The number of rotatable bonds is 2. The van der Waals surface area contributed by atoms with Crippen molar-refractivity contribution in [3.63, 3.8) is 0 Å². The lowest BCUT2D eigenvalue weighted by molar-refractivity contribution is -0.147. The van der Waals surface area contributed by atoms with Crippen molar-refractivity contribution in [2.75, 3.05) is 0 Å². The molecule has 0 aliphatic rings. The SMILES string of the molecule is C=CC(=C)OC(=O)C(C)(C)C. The largest absolute Gasteiger partial charge is 0.427 e. The Kier molecular flexibility index (Phi) is 3.05. The summed E-state index contributed by atoms with van der Waals surface area (Å²) in [6.07, 6.45) is 1.41. The first-order valence-electron chi connectivity index (χ1n) is 3.41. The van der Waals surface area contributed by atoms with E-state index in [0.29, 0.717) is 5.76 Å². The molecule has 0 aromatic heterocycles. The number of hydrogen-bond donors (Lipinski definition) is 0. The molecule has 0 saturated heterocycles. The van der Waals surface area contributed by atoms with Gasteiger partial charge in [0.05, 0.1) is 5.41 Å². The molecule has 0 saturated carbocycles. The summed E-state index contributed by atoms with van der Waals surface area (Å²) in [5.74, 6) is 0.00678. The van der Waals surface area contributed by atoms with Crippen LogP contribution in [0.25, 0.3) is 0 Å². The van der Waals surface area contributed by atoms with Gasteiger partial charge >= 0.3 is 5.97 Å². The van der Waals surface area contributed by atoms with Gasteiger partial charge in [0.25, 0.3) is 0 Å². The zero-order chi connectivity index (χ0) is 9.07. The summed E-state index contributed by atoms with van der Waals surface area (Å²) in [7, 11) is 0. The van der Waals surface area contributed by atoms with Crippen molar-refractivity contribution < 1.29 is 9.53 Å². The molecular formula is C9H14O2. The summed E-state index contributed by atoms with van der Waals surface area (Å²) < 4.78 is 4.81. The third kappa shape index (κ3) is 3.61. The lowest BCUT2D eigenvalue weighted by atomic mass is 9.97. The van der Waals surface area contributed by atoms with Crippen LogP contribution in [-0.2, 0) is 9.53 Å². The standard InChI is InChI=1S/C9H14O2/c1-6-7(2)11-8(10)9(3,4)5/h6H,1-2H2,3-5H3. The minimum absolute atomic E-state index is 0.289. The number of allylic oxidation sites excluding steroid dienone is 1. The van der Waals surface area contributed by atoms with Crippen LogP contribution < -0.4 is 0 Å². The molecule has 0 fully saturated rings. The van der Waals surface area contributed by atoms with Gasteiger partial charge in [0.1, 0.15) is 5.76 Å². The zero-order valence-corrected chi connectivity index (χ0v) is 7.31. The van der Waals surface area contributed by atoms with Gasteiger partial charge in [-0.3, -0.25) is 4.79 Å². The van der Waals surface area contributed by atoms with Gasteiger partial charge in [0, 0.05) is 0 Å². The second-order valence-corrected chi connectivity index (χ2v) is 3.31. The third-order valence-corrected chi connectivity index (χ3v) is 1.06. The van der Waals surface area contributed by atoms with E-state index in [1.165, 1.54) is 6.08 Å². The fraction of sp³-hybridized carbons (Fsp3) is 0.444. The molecular weight excluding hydrogens is 140 g/mol. The Morgan fingerprint density at radius 2 is 1.91 bits per heavy atom. The first-order valence-corrected chi connectivity index (χ1v) is 3.41. The Morgan fingerprint density at radius 3 is 2.18 bits per heavy atom. The topological polar surface area (TPSA) is 26.3 Å². The van der Waals surface area contributed by atoms with Crippen LogP contribution in [0.4, 0.5) is 0 Å². The van der Waals surface area contributed by atoms with Gasteiger partial charge in [-0.25, -0.2) is 0 Å². The van der Waals surface area contributed by atoms with Gasteiger partial charge in [0.2, 0.25) is 0 Å². The molecule has 0 unspecified atom stereocenters. The fourth-order valence-electron chi connectivity index (χ4n) is 0.314. The lowest BCUT2D eigenvalue weighted by Gasteiger charge is -2.15. The Morgan fingerprint density at radius 1 is 1.45 bits per heavy atom. The number of carbonyl (C=O) groups excluding carboxylic acids is 1. The molecule has 0 rings (SSSR count). The molecule has 0 amide bonds. The van der Waals surface area contributed by atoms with Gasteiger partial charge < -0.3 is 4.74 Å². The molecule has 2 nitrogen and oxygen atoms in total. The molecule has 0 aromatic rings. The van der Waals surface area contributed by atoms with Gasteiger partial charge in [-0.2, -0.15) is 0 Å². The fourth-order valence-corrected chi connectivity index (χ4v) is 0.314. The summed E-state index contributed by atoms with van der Waals surface area (Å²) in [6.45, 7) is 12.2. The average Bonchev–Trinajstić information content (AvgIpc) is 1.85. The van der Waals surface area contributed by atoms with Crippen LogP contribution in [0, 0.1) is 5.41 Å². The molecule has 11 heavy (non-hydrogen) atoms. The zero-order valence-electron chi connectivity index (χ0n) is 7.31. The summed E-state index contributed by atoms with van der Waals surface area (Å²) in [5, 5.41) is 0. The predicted octanol–water partition coefficient (Wildman–Crippen LogP) is 2.28. The average molecular weight is 154 g/mol. The Labute approximate surface area is 67.6 Å². The van der Waals surface area contributed by atoms with Crippen molar-refractivity contribution in [2.24, 2.45) is 5.41 Å². The van der Waals surface area contributed by atoms with E-state index in [4.69, 9.17) is 4.74 Å². The Hall–Kier alpha value is -1.05. The highest BCUT2D eigenvalue weighted by Gasteiger charge is 2.23. The highest BCUT2D eigenvalue weighted by Crippen LogP contribution is 2.16. The van der Waals surface area contributed by atoms with E-state index < -0.39 is 5.41 Å². The van der Waals surface area contributed by atoms with Gasteiger partial charge in [-0.15, -0.1) is 0 Å². The molecule has 0 aliphatic carbocycles. The first-order chi connectivity index (χ1) is 4.88. The second-order valence-electron chi connectivity index (χ2n) is 3.31. The highest BCUT2D eigenvalue weighted by atomic mass is 16.5. The highest BCUT2D eigenvalue weighted by molar-refractivity contribution is 5.76. The normalized spacial score (nSPS) is 10.5. The lowest BCUT2D eigenvalue weighted by Crippen LogP contribution is -2.22. The van der Waals surface area contributed by atoms with Crippen LogP contribution >= 0.6 is 0 Å². The maximum absolute atomic E-state index is 11.1. The van der Waals surface area contributed by atoms with Crippen LogP contribution in [0.2, 0.25) is 0 Å². The minimum Gasteiger partial charge on any atom is -0.427 e. The van der Waals surface area contributed by atoms with Crippen molar-refractivity contribution >= 4 is 5.97 Å². The number of ether oxygens (including phenoxy) is 1. The van der Waals surface area contributed by atoms with E-state index in [2.05, 4.69) is 13.2 Å². The molecule has 0 aromatic carbocycles. The molecule has 0 heterocycles.